The predicted molar refractivity (Wildman–Crippen MR) is 132 cm³/mol. The first-order chi connectivity index (χ1) is 12.4. The van der Waals surface area contributed by atoms with Gasteiger partial charge in [-0.25, -0.2) is 0 Å². The third-order valence-corrected chi connectivity index (χ3v) is 11.9. The molecule has 26 heavy (non-hydrogen) atoms. The highest BCUT2D eigenvalue weighted by Crippen LogP contribution is 2.62. The number of rotatable bonds is 8. The van der Waals surface area contributed by atoms with Gasteiger partial charge in [-0.2, -0.15) is 0 Å². The lowest BCUT2D eigenvalue weighted by molar-refractivity contribution is 0.218. The van der Waals surface area contributed by atoms with E-state index < -0.39 is 8.07 Å². The maximum absolute atomic E-state index is 5.20. The Morgan fingerprint density at radius 2 is 1.50 bits per heavy atom. The summed E-state index contributed by atoms with van der Waals surface area (Å²) in [6, 6.07) is 0. The van der Waals surface area contributed by atoms with E-state index in [1.807, 2.05) is 70.6 Å². The number of hydrogen-bond acceptors (Lipinski definition) is 8. The molecule has 0 radical (unpaired) electrons. The van der Waals surface area contributed by atoms with Crippen LogP contribution in [0.4, 0.5) is 0 Å². The molecule has 2 aliphatic heterocycles. The van der Waals surface area contributed by atoms with Gasteiger partial charge < -0.3 is 9.47 Å². The second kappa shape index (κ2) is 11.9. The summed E-state index contributed by atoms with van der Waals surface area (Å²) in [4.78, 5) is 1.19. The predicted octanol–water partition coefficient (Wildman–Crippen LogP) is 6.68. The van der Waals surface area contributed by atoms with Crippen LogP contribution in [0.2, 0.25) is 19.6 Å². The van der Waals surface area contributed by atoms with Gasteiger partial charge in [0, 0.05) is 25.7 Å². The Morgan fingerprint density at radius 3 is 2.00 bits per heavy atom. The molecule has 0 aliphatic carbocycles. The van der Waals surface area contributed by atoms with Crippen LogP contribution in [0.3, 0.4) is 0 Å². The van der Waals surface area contributed by atoms with E-state index in [0.29, 0.717) is 0 Å². The van der Waals surface area contributed by atoms with E-state index in [2.05, 4.69) is 36.5 Å². The summed E-state index contributed by atoms with van der Waals surface area (Å²) >= 11 is 11.2. The second-order valence-corrected chi connectivity index (χ2v) is 18.2. The van der Waals surface area contributed by atoms with Crippen molar-refractivity contribution in [2.24, 2.45) is 0 Å². The van der Waals surface area contributed by atoms with Crippen LogP contribution in [0.1, 0.15) is 0 Å². The van der Waals surface area contributed by atoms with Crippen molar-refractivity contribution in [3.8, 4) is 11.5 Å². The third kappa shape index (κ3) is 8.17. The highest BCUT2D eigenvalue weighted by atomic mass is 32.3. The molecule has 2 heterocycles. The van der Waals surface area contributed by atoms with Crippen molar-refractivity contribution < 1.29 is 9.47 Å². The average molecular weight is 481 g/mol. The molecule has 0 saturated heterocycles. The van der Waals surface area contributed by atoms with Crippen molar-refractivity contribution >= 4 is 78.6 Å². The van der Waals surface area contributed by atoms with Crippen LogP contribution in [-0.2, 0) is 9.47 Å². The first-order valence-electron chi connectivity index (χ1n) is 8.08. The summed E-state index contributed by atoms with van der Waals surface area (Å²) in [6.07, 6.45) is 0. The van der Waals surface area contributed by atoms with Crippen LogP contribution in [0.5, 0.6) is 0 Å². The molecule has 0 spiro atoms. The Hall–Kier alpha value is 1.02. The molecule has 144 valence electrons. The van der Waals surface area contributed by atoms with E-state index in [1.54, 1.807) is 14.2 Å². The molecule has 0 atom stereocenters. The van der Waals surface area contributed by atoms with Gasteiger partial charge in [0.2, 0.25) is 0 Å². The smallest absolute Gasteiger partial charge is 0.129 e. The van der Waals surface area contributed by atoms with E-state index in [1.165, 1.54) is 21.9 Å². The summed E-state index contributed by atoms with van der Waals surface area (Å²) in [7, 11) is 2.19. The summed E-state index contributed by atoms with van der Waals surface area (Å²) < 4.78 is 16.0. The van der Waals surface area contributed by atoms with Crippen LogP contribution < -0.4 is 0 Å². The highest BCUT2D eigenvalue weighted by Gasteiger charge is 2.27. The zero-order valence-electron chi connectivity index (χ0n) is 15.7. The van der Waals surface area contributed by atoms with Gasteiger partial charge in [0.1, 0.15) is 8.07 Å². The molecular formula is C17H24O2S6Si. The Bertz CT molecular complexity index is 630. The molecule has 0 amide bonds. The molecule has 0 aromatic rings. The number of thioether (sulfide) groups is 6. The maximum Gasteiger partial charge on any atom is 0.129 e. The summed E-state index contributed by atoms with van der Waals surface area (Å²) in [6.45, 7) is 8.41. The number of allylic oxidation sites excluding steroid dienone is 1. The fourth-order valence-electron chi connectivity index (χ4n) is 1.62. The lowest BCUT2D eigenvalue weighted by atomic mass is 10.7. The second-order valence-electron chi connectivity index (χ2n) is 6.24. The average Bonchev–Trinajstić information content (AvgIpc) is 3.20. The van der Waals surface area contributed by atoms with E-state index in [9.17, 15) is 0 Å². The quantitative estimate of drug-likeness (QED) is 0.215. The van der Waals surface area contributed by atoms with E-state index in [-0.39, 0.29) is 0 Å². The molecule has 0 aromatic heterocycles. The number of methoxy groups -OCH3 is 2. The van der Waals surface area contributed by atoms with Crippen molar-refractivity contribution in [2.75, 3.05) is 38.9 Å². The molecule has 0 unspecified atom stereocenters. The summed E-state index contributed by atoms with van der Waals surface area (Å²) in [5.41, 5.74) is 3.46. The van der Waals surface area contributed by atoms with Gasteiger partial charge in [-0.15, -0.1) is 29.1 Å². The molecule has 0 saturated carbocycles. The maximum atomic E-state index is 5.20. The minimum Gasteiger partial charge on any atom is -0.384 e. The molecule has 2 rings (SSSR count). The molecule has 0 fully saturated rings. The van der Waals surface area contributed by atoms with Crippen molar-refractivity contribution in [1.82, 2.24) is 0 Å². The van der Waals surface area contributed by atoms with Crippen molar-refractivity contribution in [3.63, 3.8) is 0 Å². The molecule has 2 nitrogen and oxygen atoms in total. The lowest BCUT2D eigenvalue weighted by Gasteiger charge is -2.04. The van der Waals surface area contributed by atoms with Crippen LogP contribution in [-0.4, -0.2) is 47.0 Å². The van der Waals surface area contributed by atoms with Gasteiger partial charge in [0.15, 0.2) is 0 Å². The van der Waals surface area contributed by atoms with Gasteiger partial charge in [0.25, 0.3) is 0 Å². The van der Waals surface area contributed by atoms with Crippen molar-refractivity contribution in [1.29, 1.82) is 0 Å². The van der Waals surface area contributed by atoms with E-state index in [4.69, 9.17) is 9.47 Å². The summed E-state index contributed by atoms with van der Waals surface area (Å²) in [5, 5.41) is 2.20. The van der Waals surface area contributed by atoms with Crippen molar-refractivity contribution in [2.45, 2.75) is 19.6 Å². The first-order valence-corrected chi connectivity index (χ1v) is 16.9. The number of hydrogen-bond donors (Lipinski definition) is 0. The molecule has 0 bridgehead atoms. The van der Waals surface area contributed by atoms with Gasteiger partial charge in [0.05, 0.1) is 35.1 Å². The van der Waals surface area contributed by atoms with Gasteiger partial charge in [-0.3, -0.25) is 0 Å². The monoisotopic (exact) mass is 480 g/mol. The van der Waals surface area contributed by atoms with Crippen LogP contribution in [0, 0.1) is 11.5 Å². The normalized spacial score (nSPS) is 17.7. The Kier molecular flexibility index (Phi) is 10.6. The SMILES string of the molecule is COCCSC1=C(SCCOC)SC(=C2SC=C(C#C[Si](C)(C)C)S2)S1. The fourth-order valence-corrected chi connectivity index (χ4v) is 10.4. The van der Waals surface area contributed by atoms with E-state index in [0.717, 1.165) is 24.7 Å². The fraction of sp³-hybridized carbons (Fsp3) is 0.529. The molecule has 2 aliphatic rings. The van der Waals surface area contributed by atoms with Gasteiger partial charge >= 0.3 is 0 Å². The van der Waals surface area contributed by atoms with E-state index >= 15 is 0 Å². The van der Waals surface area contributed by atoms with Gasteiger partial charge in [-0.05, 0) is 5.41 Å². The molecular weight excluding hydrogens is 457 g/mol. The largest absolute Gasteiger partial charge is 0.384 e. The summed E-state index contributed by atoms with van der Waals surface area (Å²) in [5.74, 6) is 5.36. The van der Waals surface area contributed by atoms with Gasteiger partial charge in [-0.1, -0.05) is 72.6 Å². The Morgan fingerprint density at radius 1 is 0.923 bits per heavy atom. The number of ether oxygens (including phenoxy) is 2. The van der Waals surface area contributed by atoms with Crippen LogP contribution in [0.15, 0.2) is 27.3 Å². The standard InChI is InChI=1S/C17H24O2S6Si/c1-18-7-9-20-14-15(21-10-8-19-2)25-17(24-14)16-22-12-13(23-16)6-11-26(3,4)5/h12H,7-10H2,1-5H3. The Balaban J connectivity index is 2.01. The molecule has 0 aromatic carbocycles. The topological polar surface area (TPSA) is 18.5 Å². The van der Waals surface area contributed by atoms with Crippen molar-refractivity contribution in [3.05, 3.63) is 27.3 Å². The Labute approximate surface area is 184 Å². The lowest BCUT2D eigenvalue weighted by Crippen LogP contribution is -2.16. The van der Waals surface area contributed by atoms with Crippen LogP contribution in [0.25, 0.3) is 0 Å². The zero-order chi connectivity index (χ0) is 19.0. The first kappa shape index (κ1) is 23.3. The minimum atomic E-state index is -1.33. The zero-order valence-corrected chi connectivity index (χ0v) is 21.6. The van der Waals surface area contributed by atoms with Crippen LogP contribution >= 0.6 is 70.6 Å². The highest BCUT2D eigenvalue weighted by molar-refractivity contribution is 8.42. The molecule has 0 N–H and O–H groups in total. The minimum absolute atomic E-state index is 0.781. The third-order valence-electron chi connectivity index (χ3n) is 2.78. The molecule has 9 heteroatoms.